The summed E-state index contributed by atoms with van der Waals surface area (Å²) < 4.78 is 32.7. The van der Waals surface area contributed by atoms with E-state index in [1.807, 2.05) is 11.8 Å². The van der Waals surface area contributed by atoms with E-state index in [1.54, 1.807) is 7.05 Å². The second-order valence-electron chi connectivity index (χ2n) is 4.52. The molecule has 0 bridgehead atoms. The van der Waals surface area contributed by atoms with Crippen molar-refractivity contribution in [3.05, 3.63) is 17.7 Å². The minimum absolute atomic E-state index is 0.0725. The van der Waals surface area contributed by atoms with Gasteiger partial charge in [0.2, 0.25) is 0 Å². The Bertz CT molecular complexity index is 434. The summed E-state index contributed by atoms with van der Waals surface area (Å²) in [7, 11) is 1.56. The van der Waals surface area contributed by atoms with Gasteiger partial charge in [-0.25, -0.2) is 13.8 Å². The largest absolute Gasteiger partial charge is 0.378 e. The smallest absolute Gasteiger partial charge is 0.168 e. The fraction of sp³-hybridized carbons (Fsp3) is 0.615. The number of piperidine rings is 1. The molecule has 1 aliphatic heterocycles. The first kappa shape index (κ1) is 14.0. The molecule has 2 rings (SSSR count). The van der Waals surface area contributed by atoms with E-state index in [0.29, 0.717) is 19.7 Å². The Morgan fingerprint density at radius 1 is 1.37 bits per heavy atom. The zero-order chi connectivity index (χ0) is 13.8. The molecule has 0 atom stereocenters. The van der Waals surface area contributed by atoms with Crippen molar-refractivity contribution in [2.45, 2.75) is 25.9 Å². The molecule has 1 aromatic rings. The number of hydrogen-bond donors (Lipinski definition) is 1. The Morgan fingerprint density at radius 2 is 2.05 bits per heavy atom. The number of rotatable bonds is 4. The summed E-state index contributed by atoms with van der Waals surface area (Å²) >= 11 is 0. The van der Waals surface area contributed by atoms with E-state index in [2.05, 4.69) is 10.3 Å². The van der Waals surface area contributed by atoms with Crippen LogP contribution in [0.4, 0.5) is 20.4 Å². The highest BCUT2D eigenvalue weighted by atomic mass is 19.1. The minimum atomic E-state index is -0.673. The Balaban J connectivity index is 2.11. The summed E-state index contributed by atoms with van der Waals surface area (Å²) in [4.78, 5) is 5.85. The molecule has 0 spiro atoms. The zero-order valence-corrected chi connectivity index (χ0v) is 11.2. The molecule has 106 valence electrons. The summed E-state index contributed by atoms with van der Waals surface area (Å²) in [6.45, 7) is 4.00. The van der Waals surface area contributed by atoms with Gasteiger partial charge < -0.3 is 15.0 Å². The maximum Gasteiger partial charge on any atom is 0.168 e. The molecule has 1 fully saturated rings. The van der Waals surface area contributed by atoms with Crippen molar-refractivity contribution in [3.8, 4) is 0 Å². The van der Waals surface area contributed by atoms with Crippen molar-refractivity contribution in [3.63, 3.8) is 0 Å². The van der Waals surface area contributed by atoms with Crippen molar-refractivity contribution in [1.29, 1.82) is 0 Å². The first-order valence-electron chi connectivity index (χ1n) is 6.56. The minimum Gasteiger partial charge on any atom is -0.378 e. The number of pyridine rings is 1. The quantitative estimate of drug-likeness (QED) is 0.912. The van der Waals surface area contributed by atoms with Crippen LogP contribution in [0.15, 0.2) is 6.07 Å². The Morgan fingerprint density at radius 3 is 2.63 bits per heavy atom. The third-order valence-electron chi connectivity index (χ3n) is 3.29. The highest BCUT2D eigenvalue weighted by molar-refractivity contribution is 5.49. The molecule has 0 aliphatic carbocycles. The predicted octanol–water partition coefficient (Wildman–Crippen LogP) is 2.41. The average molecular weight is 271 g/mol. The van der Waals surface area contributed by atoms with Gasteiger partial charge in [-0.15, -0.1) is 0 Å². The van der Waals surface area contributed by atoms with Gasteiger partial charge in [0.25, 0.3) is 0 Å². The molecule has 6 heteroatoms. The molecule has 0 radical (unpaired) electrons. The SMILES string of the molecule is CCOC1CCN(c2nc(NC)c(F)cc2F)CC1. The highest BCUT2D eigenvalue weighted by Gasteiger charge is 2.23. The molecule has 1 saturated heterocycles. The lowest BCUT2D eigenvalue weighted by atomic mass is 10.1. The van der Waals surface area contributed by atoms with Gasteiger partial charge in [0.05, 0.1) is 6.10 Å². The molecule has 2 heterocycles. The lowest BCUT2D eigenvalue weighted by molar-refractivity contribution is 0.0457. The van der Waals surface area contributed by atoms with E-state index < -0.39 is 11.6 Å². The average Bonchev–Trinajstić information content (AvgIpc) is 2.41. The zero-order valence-electron chi connectivity index (χ0n) is 11.2. The van der Waals surface area contributed by atoms with Crippen LogP contribution in [0.5, 0.6) is 0 Å². The van der Waals surface area contributed by atoms with Crippen LogP contribution in [-0.4, -0.2) is 37.8 Å². The lowest BCUT2D eigenvalue weighted by Gasteiger charge is -2.32. The second-order valence-corrected chi connectivity index (χ2v) is 4.52. The fourth-order valence-corrected chi connectivity index (χ4v) is 2.32. The van der Waals surface area contributed by atoms with Gasteiger partial charge in [0, 0.05) is 32.8 Å². The summed E-state index contributed by atoms with van der Waals surface area (Å²) in [5.74, 6) is -1.01. The molecular weight excluding hydrogens is 252 g/mol. The standard InChI is InChI=1S/C13H19F2N3O/c1-3-19-9-4-6-18(7-5-9)13-11(15)8-10(14)12(16-2)17-13/h8-9H,3-7H2,1-2H3,(H,16,17). The molecule has 19 heavy (non-hydrogen) atoms. The van der Waals surface area contributed by atoms with Crippen LogP contribution < -0.4 is 10.2 Å². The van der Waals surface area contributed by atoms with Crippen LogP contribution in [0, 0.1) is 11.6 Å². The molecule has 0 saturated carbocycles. The van der Waals surface area contributed by atoms with Gasteiger partial charge >= 0.3 is 0 Å². The fourth-order valence-electron chi connectivity index (χ4n) is 2.32. The number of ether oxygens (including phenoxy) is 1. The number of nitrogens with zero attached hydrogens (tertiary/aromatic N) is 2. The van der Waals surface area contributed by atoms with Crippen LogP contribution in [0.3, 0.4) is 0 Å². The van der Waals surface area contributed by atoms with Crippen LogP contribution in [0.1, 0.15) is 19.8 Å². The normalized spacial score (nSPS) is 16.7. The number of nitrogens with one attached hydrogen (secondary N) is 1. The molecule has 1 aromatic heterocycles. The first-order valence-corrected chi connectivity index (χ1v) is 6.56. The van der Waals surface area contributed by atoms with E-state index in [-0.39, 0.29) is 17.7 Å². The Labute approximate surface area is 111 Å². The topological polar surface area (TPSA) is 37.4 Å². The van der Waals surface area contributed by atoms with Gasteiger partial charge in [-0.05, 0) is 19.8 Å². The maximum atomic E-state index is 13.8. The van der Waals surface area contributed by atoms with Crippen LogP contribution in [0.25, 0.3) is 0 Å². The monoisotopic (exact) mass is 271 g/mol. The molecule has 1 aliphatic rings. The third-order valence-corrected chi connectivity index (χ3v) is 3.29. The van der Waals surface area contributed by atoms with E-state index >= 15 is 0 Å². The first-order chi connectivity index (χ1) is 9.15. The molecule has 1 N–H and O–H groups in total. The summed E-state index contributed by atoms with van der Waals surface area (Å²) in [5, 5.41) is 2.63. The van der Waals surface area contributed by atoms with E-state index in [4.69, 9.17) is 4.74 Å². The number of halogens is 2. The van der Waals surface area contributed by atoms with Gasteiger partial charge in [0.15, 0.2) is 23.3 Å². The van der Waals surface area contributed by atoms with Gasteiger partial charge in [0.1, 0.15) is 0 Å². The lowest BCUT2D eigenvalue weighted by Crippen LogP contribution is -2.38. The highest BCUT2D eigenvalue weighted by Crippen LogP contribution is 2.25. The van der Waals surface area contributed by atoms with Crippen molar-refractivity contribution in [2.24, 2.45) is 0 Å². The Kier molecular flexibility index (Phi) is 4.52. The molecule has 0 unspecified atom stereocenters. The van der Waals surface area contributed by atoms with Gasteiger partial charge in [-0.2, -0.15) is 0 Å². The van der Waals surface area contributed by atoms with Crippen LogP contribution in [0.2, 0.25) is 0 Å². The number of aromatic nitrogens is 1. The van der Waals surface area contributed by atoms with Crippen LogP contribution >= 0.6 is 0 Å². The number of hydrogen-bond acceptors (Lipinski definition) is 4. The van der Waals surface area contributed by atoms with E-state index in [0.717, 1.165) is 18.9 Å². The van der Waals surface area contributed by atoms with E-state index in [9.17, 15) is 8.78 Å². The summed E-state index contributed by atoms with van der Waals surface area (Å²) in [5.41, 5.74) is 0. The van der Waals surface area contributed by atoms with Gasteiger partial charge in [-0.3, -0.25) is 0 Å². The Hall–Kier alpha value is -1.43. The summed E-state index contributed by atoms with van der Waals surface area (Å²) in [6, 6.07) is 0.878. The predicted molar refractivity (Wildman–Crippen MR) is 70.6 cm³/mol. The van der Waals surface area contributed by atoms with Gasteiger partial charge in [-0.1, -0.05) is 0 Å². The molecular formula is C13H19F2N3O. The van der Waals surface area contributed by atoms with Crippen molar-refractivity contribution < 1.29 is 13.5 Å². The van der Waals surface area contributed by atoms with Crippen molar-refractivity contribution in [1.82, 2.24) is 4.98 Å². The molecule has 0 amide bonds. The van der Waals surface area contributed by atoms with Crippen molar-refractivity contribution >= 4 is 11.6 Å². The maximum absolute atomic E-state index is 13.8. The van der Waals surface area contributed by atoms with Crippen LogP contribution in [-0.2, 0) is 4.74 Å². The van der Waals surface area contributed by atoms with E-state index in [1.165, 1.54) is 0 Å². The summed E-state index contributed by atoms with van der Waals surface area (Å²) in [6.07, 6.45) is 1.90. The third kappa shape index (κ3) is 3.12. The second kappa shape index (κ2) is 6.14. The molecule has 0 aromatic carbocycles. The molecule has 4 nitrogen and oxygen atoms in total. The van der Waals surface area contributed by atoms with Crippen molar-refractivity contribution in [2.75, 3.05) is 37.0 Å². The number of anilines is 2.